The van der Waals surface area contributed by atoms with E-state index in [1.807, 2.05) is 0 Å². The second-order valence-corrected chi connectivity index (χ2v) is 34.3. The van der Waals surface area contributed by atoms with Gasteiger partial charge in [0.1, 0.15) is 42.6 Å². The highest BCUT2D eigenvalue weighted by Crippen LogP contribution is 2.40. The van der Waals surface area contributed by atoms with Crippen molar-refractivity contribution < 1.29 is 88.5 Å². The number of carbonyl (C=O) groups is 4. The van der Waals surface area contributed by atoms with E-state index in [2.05, 4.69) is 63.7 Å². The van der Waals surface area contributed by atoms with Gasteiger partial charge in [-0.05, 0) is 293 Å². The van der Waals surface area contributed by atoms with Gasteiger partial charge in [0.2, 0.25) is 0 Å². The van der Waals surface area contributed by atoms with Gasteiger partial charge < -0.3 is 35.7 Å². The van der Waals surface area contributed by atoms with Gasteiger partial charge in [0.05, 0.1) is 50.1 Å². The van der Waals surface area contributed by atoms with Gasteiger partial charge in [0.15, 0.2) is 0 Å². The summed E-state index contributed by atoms with van der Waals surface area (Å²) < 4.78 is 166. The molecule has 0 unspecified atom stereocenters. The first kappa shape index (κ1) is 76.7. The van der Waals surface area contributed by atoms with Crippen LogP contribution in [0.3, 0.4) is 0 Å². The summed E-state index contributed by atoms with van der Waals surface area (Å²) in [5, 5.41) is 0. The molecule has 1 aliphatic carbocycles. The molecule has 0 N–H and O–H groups in total. The van der Waals surface area contributed by atoms with Crippen LogP contribution in [0.25, 0.3) is 0 Å². The zero-order valence-electron chi connectivity index (χ0n) is 55.1. The number of halogens is 4. The Morgan fingerprint density at radius 2 is 0.440 bits per heavy atom. The largest absolute Gasteiger partial charge is 0.463 e. The lowest BCUT2D eigenvalue weighted by molar-refractivity contribution is -0.147. The predicted molar refractivity (Wildman–Crippen MR) is 385 cm³/mol. The van der Waals surface area contributed by atoms with Crippen molar-refractivity contribution in [3.05, 3.63) is 230 Å². The van der Waals surface area contributed by atoms with Gasteiger partial charge in [-0.1, -0.05) is 63.7 Å². The zero-order valence-corrected chi connectivity index (χ0v) is 64.7. The van der Waals surface area contributed by atoms with Crippen molar-refractivity contribution >= 4 is 128 Å². The minimum Gasteiger partial charge on any atom is -0.463 e. The van der Waals surface area contributed by atoms with E-state index in [1.54, 1.807) is 55.4 Å². The molecule has 0 fully saturated rings. The lowest BCUT2D eigenvalue weighted by Crippen LogP contribution is -2.20. The third-order valence-corrected chi connectivity index (χ3v) is 22.3. The van der Waals surface area contributed by atoms with Gasteiger partial charge in [-0.25, -0.2) is 0 Å². The fraction of sp³-hybridized carbons (Fsp3) is 0.278. The Labute approximate surface area is 615 Å². The van der Waals surface area contributed by atoms with E-state index in [9.17, 15) is 52.8 Å². The summed E-state index contributed by atoms with van der Waals surface area (Å²) in [4.78, 5) is 56.9. The van der Waals surface area contributed by atoms with Crippen LogP contribution < -0.4 is 16.7 Å². The van der Waals surface area contributed by atoms with Crippen molar-refractivity contribution in [2.24, 2.45) is 0 Å². The third-order valence-electron chi connectivity index (χ3n) is 15.1. The van der Waals surface area contributed by atoms with E-state index in [-0.39, 0.29) is 109 Å². The van der Waals surface area contributed by atoms with Gasteiger partial charge in [-0.15, -0.1) is 0 Å². The smallest absolute Gasteiger partial charge is 0.339 e. The van der Waals surface area contributed by atoms with Gasteiger partial charge in [-0.2, -0.15) is 33.7 Å². The molecule has 1 aliphatic rings. The van der Waals surface area contributed by atoms with Crippen LogP contribution in [0, 0.1) is 0 Å². The molecule has 8 aromatic carbocycles. The van der Waals surface area contributed by atoms with Crippen molar-refractivity contribution in [2.75, 3.05) is 0 Å². The lowest BCUT2D eigenvalue weighted by Gasteiger charge is -2.25. The minimum absolute atomic E-state index is 0.128. The van der Waals surface area contributed by atoms with Crippen LogP contribution in [-0.2, 0) is 130 Å². The predicted octanol–water partition coefficient (Wildman–Crippen LogP) is 14.5. The van der Waals surface area contributed by atoms with E-state index in [1.165, 1.54) is 146 Å². The average molecular weight is 1700 g/mol. The summed E-state index contributed by atoms with van der Waals surface area (Å²) in [6.45, 7) is 13.1. The number of hydrogen-bond donors (Lipinski definition) is 0. The fourth-order valence-corrected chi connectivity index (χ4v) is 15.9. The molecule has 0 atom stereocenters. The molecule has 528 valence electrons. The van der Waals surface area contributed by atoms with Crippen LogP contribution in [0.15, 0.2) is 183 Å². The third kappa shape index (κ3) is 20.4. The highest BCUT2D eigenvalue weighted by atomic mass is 79.9. The monoisotopic (exact) mass is 1700 g/mol. The summed E-state index contributed by atoms with van der Waals surface area (Å²) in [6, 6.07) is 33.3. The number of rotatable bonds is 24. The number of benzene rings is 8. The Morgan fingerprint density at radius 3 is 0.580 bits per heavy atom. The van der Waals surface area contributed by atoms with Crippen molar-refractivity contribution in [3.8, 4) is 23.0 Å². The molecule has 28 heteroatoms. The molecule has 9 rings (SSSR count). The molecule has 8 bridgehead atoms. The molecule has 100 heavy (non-hydrogen) atoms. The molecule has 0 amide bonds. The molecular weight excluding hydrogens is 1630 g/mol. The maximum atomic E-state index is 14.6. The Hall–Kier alpha value is -7.44. The molecule has 0 heterocycles. The number of esters is 4. The van der Waals surface area contributed by atoms with Crippen LogP contribution in [-0.4, -0.2) is 82.0 Å². The first-order chi connectivity index (χ1) is 47.0. The molecule has 0 saturated carbocycles. The van der Waals surface area contributed by atoms with E-state index < -0.39 is 140 Å². The SMILES string of the molecule is CC(C)OC(=O)Cc1c2cc(OS(=O)(=O)c3ccc(Br)cc3)cc1Cc1cc(OS(=O)(=O)c3ccc(Br)cc3)cc(c1CC(=O)OC(C)C)Cc1cc(OS(=O)(=O)c3ccc(Br)cc3)cc(c1CC(=O)OC(C)C)Cc1cc(OS(=O)(=O)c3ccc(Br)cc3)cc(c1CC(=O)OC(C)C)C2. The van der Waals surface area contributed by atoms with Crippen LogP contribution in [0.4, 0.5) is 0 Å². The summed E-state index contributed by atoms with van der Waals surface area (Å²) in [5.41, 5.74) is 1.72. The molecule has 0 radical (unpaired) electrons. The minimum atomic E-state index is -4.74. The van der Waals surface area contributed by atoms with Crippen LogP contribution in [0.2, 0.25) is 0 Å². The van der Waals surface area contributed by atoms with E-state index in [0.717, 1.165) is 0 Å². The van der Waals surface area contributed by atoms with Crippen molar-refractivity contribution in [3.63, 3.8) is 0 Å². The van der Waals surface area contributed by atoms with Crippen molar-refractivity contribution in [1.82, 2.24) is 0 Å². The summed E-state index contributed by atoms with van der Waals surface area (Å²) in [5.74, 6) is -4.41. The number of ether oxygens (including phenoxy) is 4. The Bertz CT molecular complexity index is 4200. The Kier molecular flexibility index (Phi) is 24.8. The second kappa shape index (κ2) is 32.3. The second-order valence-electron chi connectivity index (χ2n) is 24.4. The maximum Gasteiger partial charge on any atom is 0.339 e. The molecular formula is C72H68Br4O20S4. The van der Waals surface area contributed by atoms with Crippen LogP contribution >= 0.6 is 63.7 Å². The van der Waals surface area contributed by atoms with Crippen molar-refractivity contribution in [1.29, 1.82) is 0 Å². The van der Waals surface area contributed by atoms with Gasteiger partial charge in [0.25, 0.3) is 0 Å². The normalized spacial score (nSPS) is 12.6. The van der Waals surface area contributed by atoms with E-state index in [0.29, 0.717) is 17.9 Å². The van der Waals surface area contributed by atoms with Gasteiger partial charge in [-0.3, -0.25) is 19.2 Å². The standard InChI is InChI=1S/C72H68Br4O20S4/c1-41(2)89-69(77)37-65-45-25-47-31-58(94-98(83,84)62-19-11-54(74)12-20-62)33-49(66(47)38-70(78)90-42(3)4)27-51-35-60(96-100(87,88)64-23-15-56(76)16-24-64)36-52(68(51)40-72(80)92-44(7)8)28-50-34-59(95-99(85,86)63-21-13-55(75)14-22-63)32-48(67(50)39-71(79)91-43(5)6)26-46(65)30-57(29-45)93-97(81,82)61-17-9-53(73)10-18-61/h9-24,29-36,41-44H,25-28,37-40H2,1-8H3. The van der Waals surface area contributed by atoms with E-state index >= 15 is 0 Å². The number of hydrogen-bond acceptors (Lipinski definition) is 20. The Balaban J connectivity index is 1.46. The summed E-state index contributed by atoms with van der Waals surface area (Å²) >= 11 is 13.4. The maximum absolute atomic E-state index is 14.6. The molecule has 20 nitrogen and oxygen atoms in total. The number of fused-ring (bicyclic) bond motifs is 8. The molecule has 0 spiro atoms. The highest BCUT2D eigenvalue weighted by molar-refractivity contribution is 9.11. The van der Waals surface area contributed by atoms with Gasteiger partial charge in [0, 0.05) is 17.9 Å². The topological polar surface area (TPSA) is 279 Å². The lowest BCUT2D eigenvalue weighted by atomic mass is 9.82. The average Bonchev–Trinajstić information content (AvgIpc) is 0.775. The molecule has 0 aliphatic heterocycles. The zero-order chi connectivity index (χ0) is 72.8. The summed E-state index contributed by atoms with van der Waals surface area (Å²) in [6.07, 6.45) is -6.55. The molecule has 0 saturated heterocycles. The van der Waals surface area contributed by atoms with Gasteiger partial charge >= 0.3 is 64.3 Å². The highest BCUT2D eigenvalue weighted by Gasteiger charge is 2.31. The van der Waals surface area contributed by atoms with Crippen LogP contribution in [0.5, 0.6) is 23.0 Å². The quantitative estimate of drug-likeness (QED) is 0.0309. The fourth-order valence-electron chi connectivity index (χ4n) is 11.1. The van der Waals surface area contributed by atoms with E-state index in [4.69, 9.17) is 35.7 Å². The van der Waals surface area contributed by atoms with Crippen molar-refractivity contribution in [2.45, 2.75) is 151 Å². The number of carbonyl (C=O) groups excluding carboxylic acids is 4. The molecule has 0 aromatic heterocycles. The first-order valence-electron chi connectivity index (χ1n) is 31.1. The van der Waals surface area contributed by atoms with Crippen LogP contribution in [0.1, 0.15) is 122 Å². The first-order valence-corrected chi connectivity index (χ1v) is 39.9. The Morgan fingerprint density at radius 1 is 0.290 bits per heavy atom. The molecule has 8 aromatic rings. The summed E-state index contributed by atoms with van der Waals surface area (Å²) in [7, 11) is -19.0.